The molecule has 20 heavy (non-hydrogen) atoms. The van der Waals surface area contributed by atoms with Crippen molar-refractivity contribution in [1.29, 1.82) is 0 Å². The molecule has 0 aliphatic carbocycles. The van der Waals surface area contributed by atoms with Crippen molar-refractivity contribution in [1.82, 2.24) is 10.2 Å². The number of likely N-dealkylation sites (N-methyl/N-ethyl adjacent to an activating group) is 1. The number of hydrogen-bond acceptors (Lipinski definition) is 3. The van der Waals surface area contributed by atoms with Crippen LogP contribution in [0.5, 0.6) is 0 Å². The van der Waals surface area contributed by atoms with Gasteiger partial charge in [-0.05, 0) is 17.7 Å². The molecule has 0 saturated heterocycles. The number of nitrogens with one attached hydrogen (secondary N) is 2. The Bertz CT molecular complexity index is 514. The molecular weight excluding hydrogens is 262 g/mol. The van der Waals surface area contributed by atoms with Crippen molar-refractivity contribution in [2.24, 2.45) is 0 Å². The van der Waals surface area contributed by atoms with Gasteiger partial charge in [-0.1, -0.05) is 12.1 Å². The van der Waals surface area contributed by atoms with Gasteiger partial charge >= 0.3 is 12.0 Å². The number of benzene rings is 1. The van der Waals surface area contributed by atoms with E-state index in [0.717, 1.165) is 0 Å². The van der Waals surface area contributed by atoms with E-state index >= 15 is 0 Å². The molecule has 7 nitrogen and oxygen atoms in total. The van der Waals surface area contributed by atoms with Crippen molar-refractivity contribution < 1.29 is 19.5 Å². The number of aliphatic carboxylic acids is 1. The first-order valence-electron chi connectivity index (χ1n) is 5.94. The molecule has 1 aromatic rings. The van der Waals surface area contributed by atoms with Crippen LogP contribution in [0.3, 0.4) is 0 Å². The average Bonchev–Trinajstić information content (AvgIpc) is 2.35. The van der Waals surface area contributed by atoms with E-state index in [1.54, 1.807) is 38.4 Å². The molecule has 0 heterocycles. The van der Waals surface area contributed by atoms with Crippen LogP contribution in [0.25, 0.3) is 0 Å². The van der Waals surface area contributed by atoms with Crippen molar-refractivity contribution in [2.45, 2.75) is 6.42 Å². The van der Waals surface area contributed by atoms with Crippen LogP contribution in [0.4, 0.5) is 10.5 Å². The maximum Gasteiger partial charge on any atom is 0.319 e. The molecule has 0 radical (unpaired) electrons. The van der Waals surface area contributed by atoms with Gasteiger partial charge in [0.15, 0.2) is 0 Å². The summed E-state index contributed by atoms with van der Waals surface area (Å²) >= 11 is 0. The third-order valence-electron chi connectivity index (χ3n) is 2.44. The SMILES string of the molecule is CN(C)C(=O)CNC(=O)Nc1cccc(CC(=O)O)c1. The van der Waals surface area contributed by atoms with Gasteiger partial charge in [0.1, 0.15) is 0 Å². The average molecular weight is 279 g/mol. The van der Waals surface area contributed by atoms with Gasteiger partial charge in [0, 0.05) is 19.8 Å². The van der Waals surface area contributed by atoms with E-state index < -0.39 is 12.0 Å². The number of carbonyl (C=O) groups excluding carboxylic acids is 2. The Balaban J connectivity index is 2.53. The monoisotopic (exact) mass is 279 g/mol. The Kier molecular flexibility index (Phi) is 5.52. The van der Waals surface area contributed by atoms with Crippen LogP contribution in [0.1, 0.15) is 5.56 Å². The molecule has 1 aromatic carbocycles. The number of carbonyl (C=O) groups is 3. The smallest absolute Gasteiger partial charge is 0.319 e. The summed E-state index contributed by atoms with van der Waals surface area (Å²) in [5, 5.41) is 13.6. The number of carboxylic acid groups (broad SMARTS) is 1. The molecule has 0 atom stereocenters. The van der Waals surface area contributed by atoms with Gasteiger partial charge in [0.2, 0.25) is 5.91 Å². The maximum atomic E-state index is 11.6. The number of urea groups is 1. The Hall–Kier alpha value is -2.57. The standard InChI is InChI=1S/C13H17N3O4/c1-16(2)11(17)8-14-13(20)15-10-5-3-4-9(6-10)7-12(18)19/h3-6H,7-8H2,1-2H3,(H,18,19)(H2,14,15,20). The third-order valence-corrected chi connectivity index (χ3v) is 2.44. The Morgan fingerprint density at radius 2 is 1.95 bits per heavy atom. The molecular formula is C13H17N3O4. The molecule has 0 aliphatic rings. The fraction of sp³-hybridized carbons (Fsp3) is 0.308. The molecule has 108 valence electrons. The molecule has 0 bridgehead atoms. The Morgan fingerprint density at radius 1 is 1.25 bits per heavy atom. The van der Waals surface area contributed by atoms with Crippen molar-refractivity contribution in [3.05, 3.63) is 29.8 Å². The van der Waals surface area contributed by atoms with Gasteiger partial charge in [-0.2, -0.15) is 0 Å². The third kappa shape index (κ3) is 5.38. The molecule has 0 aromatic heterocycles. The van der Waals surface area contributed by atoms with Gasteiger partial charge in [-0.15, -0.1) is 0 Å². The number of nitrogens with zero attached hydrogens (tertiary/aromatic N) is 1. The maximum absolute atomic E-state index is 11.6. The van der Waals surface area contributed by atoms with Crippen LogP contribution in [0.2, 0.25) is 0 Å². The van der Waals surface area contributed by atoms with Crippen LogP contribution >= 0.6 is 0 Å². The van der Waals surface area contributed by atoms with E-state index in [9.17, 15) is 14.4 Å². The Morgan fingerprint density at radius 3 is 2.55 bits per heavy atom. The lowest BCUT2D eigenvalue weighted by Gasteiger charge is -2.12. The highest BCUT2D eigenvalue weighted by Crippen LogP contribution is 2.11. The number of anilines is 1. The number of carboxylic acids is 1. The van der Waals surface area contributed by atoms with Gasteiger partial charge in [0.25, 0.3) is 0 Å². The summed E-state index contributed by atoms with van der Waals surface area (Å²) in [7, 11) is 3.19. The summed E-state index contributed by atoms with van der Waals surface area (Å²) in [6.45, 7) is -0.104. The molecule has 1 rings (SSSR count). The van der Waals surface area contributed by atoms with Crippen LogP contribution in [0.15, 0.2) is 24.3 Å². The van der Waals surface area contributed by atoms with E-state index in [-0.39, 0.29) is 18.9 Å². The fourth-order valence-corrected chi connectivity index (χ4v) is 1.42. The normalized spacial score (nSPS) is 9.70. The van der Waals surface area contributed by atoms with Gasteiger partial charge in [0.05, 0.1) is 13.0 Å². The minimum Gasteiger partial charge on any atom is -0.481 e. The minimum absolute atomic E-state index is 0.104. The molecule has 7 heteroatoms. The van der Waals surface area contributed by atoms with E-state index in [0.29, 0.717) is 11.3 Å². The lowest BCUT2D eigenvalue weighted by atomic mass is 10.1. The quantitative estimate of drug-likeness (QED) is 0.732. The lowest BCUT2D eigenvalue weighted by Crippen LogP contribution is -2.38. The van der Waals surface area contributed by atoms with E-state index in [1.807, 2.05) is 0 Å². The van der Waals surface area contributed by atoms with E-state index in [1.165, 1.54) is 4.90 Å². The highest BCUT2D eigenvalue weighted by Gasteiger charge is 2.08. The summed E-state index contributed by atoms with van der Waals surface area (Å²) in [6.07, 6.45) is -0.115. The second kappa shape index (κ2) is 7.13. The van der Waals surface area contributed by atoms with E-state index in [2.05, 4.69) is 10.6 Å². The summed E-state index contributed by atoms with van der Waals surface area (Å²) in [4.78, 5) is 34.8. The van der Waals surface area contributed by atoms with Crippen LogP contribution in [-0.2, 0) is 16.0 Å². The first-order chi connectivity index (χ1) is 9.38. The topological polar surface area (TPSA) is 98.7 Å². The lowest BCUT2D eigenvalue weighted by molar-refractivity contribution is -0.136. The highest BCUT2D eigenvalue weighted by molar-refractivity contribution is 5.92. The van der Waals surface area contributed by atoms with E-state index in [4.69, 9.17) is 5.11 Å². The van der Waals surface area contributed by atoms with Crippen molar-refractivity contribution >= 4 is 23.6 Å². The predicted octanol–water partition coefficient (Wildman–Crippen LogP) is 0.523. The zero-order valence-corrected chi connectivity index (χ0v) is 11.3. The zero-order chi connectivity index (χ0) is 15.1. The first-order valence-corrected chi connectivity index (χ1v) is 5.94. The first kappa shape index (κ1) is 15.5. The minimum atomic E-state index is -0.941. The van der Waals surface area contributed by atoms with Crippen molar-refractivity contribution in [3.63, 3.8) is 0 Å². The number of hydrogen-bond donors (Lipinski definition) is 3. The fourth-order valence-electron chi connectivity index (χ4n) is 1.42. The van der Waals surface area contributed by atoms with Gasteiger partial charge in [-0.25, -0.2) is 4.79 Å². The van der Waals surface area contributed by atoms with Crippen LogP contribution in [0, 0.1) is 0 Å². The zero-order valence-electron chi connectivity index (χ0n) is 11.3. The van der Waals surface area contributed by atoms with Gasteiger partial charge in [-0.3, -0.25) is 9.59 Å². The summed E-state index contributed by atoms with van der Waals surface area (Å²) in [6, 6.07) is 6.00. The van der Waals surface area contributed by atoms with Crippen LogP contribution in [-0.4, -0.2) is 48.6 Å². The molecule has 3 N–H and O–H groups in total. The predicted molar refractivity (Wildman–Crippen MR) is 73.5 cm³/mol. The molecule has 0 spiro atoms. The molecule has 0 fully saturated rings. The molecule has 0 saturated carbocycles. The Labute approximate surface area is 116 Å². The highest BCUT2D eigenvalue weighted by atomic mass is 16.4. The number of amides is 3. The number of rotatable bonds is 5. The summed E-state index contributed by atoms with van der Waals surface area (Å²) < 4.78 is 0. The largest absolute Gasteiger partial charge is 0.481 e. The second-order valence-electron chi connectivity index (χ2n) is 4.37. The van der Waals surface area contributed by atoms with Crippen LogP contribution < -0.4 is 10.6 Å². The molecule has 3 amide bonds. The van der Waals surface area contributed by atoms with Crippen molar-refractivity contribution in [2.75, 3.05) is 26.0 Å². The van der Waals surface area contributed by atoms with Gasteiger partial charge < -0.3 is 20.6 Å². The molecule has 0 aliphatic heterocycles. The second-order valence-corrected chi connectivity index (χ2v) is 4.37. The summed E-state index contributed by atoms with van der Waals surface area (Å²) in [5.74, 6) is -1.16. The molecule has 0 unspecified atom stereocenters. The van der Waals surface area contributed by atoms with Crippen molar-refractivity contribution in [3.8, 4) is 0 Å². The summed E-state index contributed by atoms with van der Waals surface area (Å²) in [5.41, 5.74) is 1.05.